The van der Waals surface area contributed by atoms with Crippen molar-refractivity contribution in [2.45, 2.75) is 20.3 Å². The molecule has 0 unspecified atom stereocenters. The summed E-state index contributed by atoms with van der Waals surface area (Å²) in [5.41, 5.74) is 1.16. The molecule has 0 spiro atoms. The van der Waals surface area contributed by atoms with Gasteiger partial charge in [-0.05, 0) is 26.3 Å². The minimum atomic E-state index is -0.611. The fraction of sp³-hybridized carbons (Fsp3) is 0.375. The van der Waals surface area contributed by atoms with Crippen LogP contribution in [0.1, 0.15) is 20.3 Å². The first-order valence-corrected chi connectivity index (χ1v) is 3.58. The highest BCUT2D eigenvalue weighted by Gasteiger charge is 2.26. The molecule has 12 heavy (non-hydrogen) atoms. The van der Waals surface area contributed by atoms with Crippen LogP contribution in [0.4, 0.5) is 0 Å². The van der Waals surface area contributed by atoms with Crippen LogP contribution in [0.3, 0.4) is 0 Å². The fourth-order valence-corrected chi connectivity index (χ4v) is 1.30. The summed E-state index contributed by atoms with van der Waals surface area (Å²) in [5.74, 6) is -0.485. The second-order valence-electron chi connectivity index (χ2n) is 2.92. The molecular formula is C8H9NO3. The molecule has 0 saturated heterocycles. The average molecular weight is 167 g/mol. The first kappa shape index (κ1) is 8.64. The topological polar surface area (TPSA) is 60.2 Å². The van der Waals surface area contributed by atoms with Crippen LogP contribution < -0.4 is 0 Å². The SMILES string of the molecule is CC1=CC(=O)C([N+](=O)[O-])=C(C)C1. The van der Waals surface area contributed by atoms with Crippen molar-refractivity contribution in [3.63, 3.8) is 0 Å². The molecule has 4 heteroatoms. The second kappa shape index (κ2) is 2.89. The number of allylic oxidation sites excluding steroid dienone is 3. The molecule has 0 bridgehead atoms. The van der Waals surface area contributed by atoms with Crippen LogP contribution in [0.15, 0.2) is 22.9 Å². The number of carbonyl (C=O) groups is 1. The molecule has 64 valence electrons. The quantitative estimate of drug-likeness (QED) is 0.438. The molecule has 0 heterocycles. The molecule has 0 aliphatic heterocycles. The third-order valence-electron chi connectivity index (χ3n) is 1.74. The summed E-state index contributed by atoms with van der Waals surface area (Å²) in [7, 11) is 0. The van der Waals surface area contributed by atoms with Gasteiger partial charge in [0.15, 0.2) is 0 Å². The van der Waals surface area contributed by atoms with E-state index in [9.17, 15) is 14.9 Å². The van der Waals surface area contributed by atoms with Gasteiger partial charge >= 0.3 is 5.70 Å². The summed E-state index contributed by atoms with van der Waals surface area (Å²) in [5, 5.41) is 10.4. The number of nitrogens with zero attached hydrogens (tertiary/aromatic N) is 1. The third-order valence-corrected chi connectivity index (χ3v) is 1.74. The summed E-state index contributed by atoms with van der Waals surface area (Å²) < 4.78 is 0. The maximum absolute atomic E-state index is 11.1. The molecule has 0 radical (unpaired) electrons. The van der Waals surface area contributed by atoms with Gasteiger partial charge in [-0.15, -0.1) is 0 Å². The summed E-state index contributed by atoms with van der Waals surface area (Å²) >= 11 is 0. The van der Waals surface area contributed by atoms with Crippen LogP contribution in [-0.4, -0.2) is 10.7 Å². The minimum absolute atomic E-state index is 0.263. The largest absolute Gasteiger partial charge is 0.315 e. The Hall–Kier alpha value is -1.45. The first-order chi connectivity index (χ1) is 5.52. The van der Waals surface area contributed by atoms with E-state index < -0.39 is 10.7 Å². The summed E-state index contributed by atoms with van der Waals surface area (Å²) in [6, 6.07) is 0. The van der Waals surface area contributed by atoms with E-state index in [0.717, 1.165) is 5.57 Å². The van der Waals surface area contributed by atoms with Gasteiger partial charge in [-0.1, -0.05) is 5.57 Å². The van der Waals surface area contributed by atoms with Gasteiger partial charge < -0.3 is 0 Å². The monoisotopic (exact) mass is 167 g/mol. The molecule has 0 amide bonds. The molecule has 1 rings (SSSR count). The standard InChI is InChI=1S/C8H9NO3/c1-5-3-6(2)8(9(11)12)7(10)4-5/h4H,3H2,1-2H3. The second-order valence-corrected chi connectivity index (χ2v) is 2.92. The minimum Gasteiger partial charge on any atom is -0.282 e. The zero-order valence-corrected chi connectivity index (χ0v) is 6.96. The number of hydrogen-bond acceptors (Lipinski definition) is 3. The molecule has 0 aromatic rings. The van der Waals surface area contributed by atoms with Crippen molar-refractivity contribution >= 4 is 5.78 Å². The van der Waals surface area contributed by atoms with Crippen LogP contribution in [-0.2, 0) is 4.79 Å². The molecule has 0 saturated carbocycles. The maximum atomic E-state index is 11.1. The van der Waals surface area contributed by atoms with Gasteiger partial charge in [-0.25, -0.2) is 0 Å². The van der Waals surface area contributed by atoms with Gasteiger partial charge in [-0.2, -0.15) is 0 Å². The van der Waals surface area contributed by atoms with Gasteiger partial charge in [0, 0.05) is 5.57 Å². The summed E-state index contributed by atoms with van der Waals surface area (Å²) in [6.45, 7) is 3.41. The highest BCUT2D eigenvalue weighted by atomic mass is 16.6. The normalized spacial score (nSPS) is 17.8. The Morgan fingerprint density at radius 2 is 2.08 bits per heavy atom. The molecule has 1 aliphatic rings. The maximum Gasteiger partial charge on any atom is 0.315 e. The molecule has 1 aliphatic carbocycles. The predicted octanol–water partition coefficient (Wildman–Crippen LogP) is 1.46. The van der Waals surface area contributed by atoms with Gasteiger partial charge in [-0.3, -0.25) is 14.9 Å². The first-order valence-electron chi connectivity index (χ1n) is 3.58. The van der Waals surface area contributed by atoms with Crippen LogP contribution in [0.25, 0.3) is 0 Å². The summed E-state index contributed by atoms with van der Waals surface area (Å²) in [4.78, 5) is 20.8. The van der Waals surface area contributed by atoms with Gasteiger partial charge in [0.2, 0.25) is 0 Å². The number of rotatable bonds is 1. The van der Waals surface area contributed by atoms with E-state index in [1.807, 2.05) is 0 Å². The van der Waals surface area contributed by atoms with Crippen LogP contribution in [0, 0.1) is 10.1 Å². The molecule has 0 fully saturated rings. The highest BCUT2D eigenvalue weighted by Crippen LogP contribution is 2.21. The number of carbonyl (C=O) groups excluding carboxylic acids is 1. The molecule has 0 N–H and O–H groups in total. The molecule has 4 nitrogen and oxygen atoms in total. The zero-order chi connectivity index (χ0) is 9.30. The molecule has 0 aromatic carbocycles. The number of hydrogen-bond donors (Lipinski definition) is 0. The van der Waals surface area contributed by atoms with E-state index in [1.54, 1.807) is 13.8 Å². The fourth-order valence-electron chi connectivity index (χ4n) is 1.30. The van der Waals surface area contributed by atoms with E-state index in [-0.39, 0.29) is 5.70 Å². The van der Waals surface area contributed by atoms with E-state index in [0.29, 0.717) is 12.0 Å². The van der Waals surface area contributed by atoms with Crippen molar-refractivity contribution in [3.8, 4) is 0 Å². The third kappa shape index (κ3) is 1.42. The van der Waals surface area contributed by atoms with Crippen molar-refractivity contribution in [1.29, 1.82) is 0 Å². The Bertz CT molecular complexity index is 312. The van der Waals surface area contributed by atoms with Crippen LogP contribution in [0.2, 0.25) is 0 Å². The van der Waals surface area contributed by atoms with Crippen LogP contribution in [0.5, 0.6) is 0 Å². The Kier molecular flexibility index (Phi) is 2.08. The summed E-state index contributed by atoms with van der Waals surface area (Å²) in [6.07, 6.45) is 1.85. The lowest BCUT2D eigenvalue weighted by Crippen LogP contribution is -2.15. The van der Waals surface area contributed by atoms with E-state index >= 15 is 0 Å². The van der Waals surface area contributed by atoms with Crippen molar-refractivity contribution in [2.75, 3.05) is 0 Å². The van der Waals surface area contributed by atoms with Crippen molar-refractivity contribution in [2.24, 2.45) is 0 Å². The Labute approximate surface area is 69.7 Å². The number of nitro groups is 1. The van der Waals surface area contributed by atoms with Crippen molar-refractivity contribution < 1.29 is 9.72 Å². The van der Waals surface area contributed by atoms with Crippen molar-refractivity contribution in [3.05, 3.63) is 33.0 Å². The molecule has 0 atom stereocenters. The number of ketones is 1. The zero-order valence-electron chi connectivity index (χ0n) is 6.96. The predicted molar refractivity (Wildman–Crippen MR) is 43.1 cm³/mol. The lowest BCUT2D eigenvalue weighted by Gasteiger charge is -2.07. The average Bonchev–Trinajstić information content (AvgIpc) is 1.82. The van der Waals surface area contributed by atoms with E-state index in [4.69, 9.17) is 0 Å². The van der Waals surface area contributed by atoms with E-state index in [1.165, 1.54) is 6.08 Å². The smallest absolute Gasteiger partial charge is 0.282 e. The Morgan fingerprint density at radius 3 is 2.50 bits per heavy atom. The highest BCUT2D eigenvalue weighted by molar-refractivity contribution is 6.04. The van der Waals surface area contributed by atoms with Gasteiger partial charge in [0.1, 0.15) is 0 Å². The Balaban J connectivity index is 3.08. The van der Waals surface area contributed by atoms with E-state index in [2.05, 4.69) is 0 Å². The lowest BCUT2D eigenvalue weighted by molar-refractivity contribution is -0.419. The van der Waals surface area contributed by atoms with Crippen LogP contribution >= 0.6 is 0 Å². The van der Waals surface area contributed by atoms with Gasteiger partial charge in [0.05, 0.1) is 4.92 Å². The molecule has 0 aromatic heterocycles. The van der Waals surface area contributed by atoms with Crippen molar-refractivity contribution in [1.82, 2.24) is 0 Å². The lowest BCUT2D eigenvalue weighted by atomic mass is 9.97. The Morgan fingerprint density at radius 1 is 1.50 bits per heavy atom. The van der Waals surface area contributed by atoms with Gasteiger partial charge in [0.25, 0.3) is 5.78 Å². The molecular weight excluding hydrogens is 158 g/mol.